The Labute approximate surface area is 159 Å². The van der Waals surface area contributed by atoms with Gasteiger partial charge >= 0.3 is 5.69 Å². The molecule has 2 aromatic rings. The summed E-state index contributed by atoms with van der Waals surface area (Å²) in [5, 5.41) is 22.4. The van der Waals surface area contributed by atoms with Crippen LogP contribution in [0.25, 0.3) is 0 Å². The zero-order chi connectivity index (χ0) is 20.3. The van der Waals surface area contributed by atoms with Crippen molar-refractivity contribution in [2.24, 2.45) is 5.73 Å². The summed E-state index contributed by atoms with van der Waals surface area (Å²) >= 11 is 0. The predicted octanol–water partition coefficient (Wildman–Crippen LogP) is -2.16. The topological polar surface area (TPSA) is 160 Å². The molecule has 0 saturated carbocycles. The summed E-state index contributed by atoms with van der Waals surface area (Å²) in [6.07, 6.45) is -1.93. The van der Waals surface area contributed by atoms with E-state index in [2.05, 4.69) is 10.3 Å². The summed E-state index contributed by atoms with van der Waals surface area (Å²) in [6.45, 7) is -0.516. The molecule has 3 rings (SSSR count). The lowest BCUT2D eigenvalue weighted by molar-refractivity contribution is -0.124. The molecule has 0 aliphatic carbocycles. The summed E-state index contributed by atoms with van der Waals surface area (Å²) in [7, 11) is 0. The maximum absolute atomic E-state index is 12.5. The maximum atomic E-state index is 12.5. The highest BCUT2D eigenvalue weighted by molar-refractivity contribution is 5.82. The number of carbonyl (C=O) groups excluding carboxylic acids is 1. The van der Waals surface area contributed by atoms with Crippen LogP contribution in [0, 0.1) is 0 Å². The fourth-order valence-corrected chi connectivity index (χ4v) is 3.15. The lowest BCUT2D eigenvalue weighted by Gasteiger charge is -2.24. The van der Waals surface area contributed by atoms with Crippen molar-refractivity contribution < 1.29 is 19.7 Å². The average Bonchev–Trinajstić information content (AvgIpc) is 2.98. The molecule has 0 spiro atoms. The van der Waals surface area contributed by atoms with Crippen molar-refractivity contribution in [3.05, 3.63) is 69.0 Å². The van der Waals surface area contributed by atoms with E-state index in [1.807, 2.05) is 30.3 Å². The third kappa shape index (κ3) is 4.20. The predicted molar refractivity (Wildman–Crippen MR) is 98.4 cm³/mol. The lowest BCUT2D eigenvalue weighted by Crippen LogP contribution is -2.53. The highest BCUT2D eigenvalue weighted by Crippen LogP contribution is 2.28. The van der Waals surface area contributed by atoms with Crippen LogP contribution in [-0.4, -0.2) is 56.6 Å². The van der Waals surface area contributed by atoms with Gasteiger partial charge in [-0.1, -0.05) is 30.3 Å². The summed E-state index contributed by atoms with van der Waals surface area (Å²) in [5.41, 5.74) is 5.48. The number of nitrogens with zero attached hydrogens (tertiary/aromatic N) is 1. The second-order valence-corrected chi connectivity index (χ2v) is 6.59. The number of amides is 1. The number of nitrogens with two attached hydrogens (primary N) is 1. The van der Waals surface area contributed by atoms with E-state index in [0.29, 0.717) is 0 Å². The van der Waals surface area contributed by atoms with E-state index in [9.17, 15) is 24.6 Å². The molecule has 1 amide bonds. The van der Waals surface area contributed by atoms with Crippen molar-refractivity contribution in [2.75, 3.05) is 6.61 Å². The third-order valence-corrected chi connectivity index (χ3v) is 4.62. The Balaban J connectivity index is 1.79. The number of aliphatic hydroxyl groups excluding tert-OH is 2. The van der Waals surface area contributed by atoms with Crippen molar-refractivity contribution >= 4 is 5.91 Å². The van der Waals surface area contributed by atoms with Gasteiger partial charge in [0.25, 0.3) is 5.56 Å². The summed E-state index contributed by atoms with van der Waals surface area (Å²) in [4.78, 5) is 38.0. The Hall–Kier alpha value is -2.79. The molecule has 10 nitrogen and oxygen atoms in total. The number of ether oxygens (including phenoxy) is 1. The van der Waals surface area contributed by atoms with Gasteiger partial charge in [0.1, 0.15) is 18.2 Å². The molecule has 0 unspecified atom stereocenters. The molecule has 10 heteroatoms. The Morgan fingerprint density at radius 3 is 2.64 bits per heavy atom. The van der Waals surface area contributed by atoms with Crippen LogP contribution in [0.4, 0.5) is 0 Å². The van der Waals surface area contributed by atoms with Crippen LogP contribution in [0.2, 0.25) is 0 Å². The van der Waals surface area contributed by atoms with Crippen LogP contribution >= 0.6 is 0 Å². The van der Waals surface area contributed by atoms with Crippen LogP contribution in [0.5, 0.6) is 0 Å². The van der Waals surface area contributed by atoms with Crippen LogP contribution in [0.3, 0.4) is 0 Å². The zero-order valence-electron chi connectivity index (χ0n) is 14.9. The Morgan fingerprint density at radius 2 is 2.00 bits per heavy atom. The molecule has 1 aromatic heterocycles. The lowest BCUT2D eigenvalue weighted by atomic mass is 10.0. The molecule has 1 aromatic carbocycles. The molecule has 28 heavy (non-hydrogen) atoms. The van der Waals surface area contributed by atoms with Crippen LogP contribution < -0.4 is 22.3 Å². The fraction of sp³-hybridized carbons (Fsp3) is 0.389. The monoisotopic (exact) mass is 390 g/mol. The van der Waals surface area contributed by atoms with Crippen molar-refractivity contribution in [2.45, 2.75) is 36.9 Å². The first-order valence-corrected chi connectivity index (χ1v) is 8.76. The largest absolute Gasteiger partial charge is 0.394 e. The molecule has 2 heterocycles. The SMILES string of the molecule is N[C@@H](Cc1ccccc1)C(=O)N[C@@H]1[C@H](O)[C@@H](CO)O[C@H]1n1ccc(=O)[nH]c1=O. The van der Waals surface area contributed by atoms with Crippen molar-refractivity contribution in [3.8, 4) is 0 Å². The third-order valence-electron chi connectivity index (χ3n) is 4.62. The minimum Gasteiger partial charge on any atom is -0.394 e. The molecule has 1 aliphatic rings. The summed E-state index contributed by atoms with van der Waals surface area (Å²) in [5.74, 6) is -0.544. The Morgan fingerprint density at radius 1 is 1.29 bits per heavy atom. The number of nitrogens with one attached hydrogen (secondary N) is 2. The van der Waals surface area contributed by atoms with Crippen molar-refractivity contribution in [1.29, 1.82) is 0 Å². The van der Waals surface area contributed by atoms with Crippen molar-refractivity contribution in [1.82, 2.24) is 14.9 Å². The van der Waals surface area contributed by atoms with E-state index in [-0.39, 0.29) is 6.42 Å². The second kappa shape index (κ2) is 8.48. The average molecular weight is 390 g/mol. The molecular formula is C18H22N4O6. The molecule has 6 N–H and O–H groups in total. The highest BCUT2D eigenvalue weighted by Gasteiger charge is 2.45. The highest BCUT2D eigenvalue weighted by atomic mass is 16.5. The number of benzene rings is 1. The van der Waals surface area contributed by atoms with E-state index in [0.717, 1.165) is 16.2 Å². The van der Waals surface area contributed by atoms with Gasteiger partial charge in [-0.2, -0.15) is 0 Å². The number of aromatic nitrogens is 2. The van der Waals surface area contributed by atoms with Gasteiger partial charge in [-0.25, -0.2) is 4.79 Å². The minimum absolute atomic E-state index is 0.281. The number of aromatic amines is 1. The second-order valence-electron chi connectivity index (χ2n) is 6.59. The van der Waals surface area contributed by atoms with Gasteiger partial charge in [0, 0.05) is 12.3 Å². The molecule has 5 atom stereocenters. The van der Waals surface area contributed by atoms with Gasteiger partial charge in [0.15, 0.2) is 6.23 Å². The number of rotatable bonds is 6. The zero-order valence-corrected chi connectivity index (χ0v) is 14.9. The number of aliphatic hydroxyl groups is 2. The fourth-order valence-electron chi connectivity index (χ4n) is 3.15. The van der Waals surface area contributed by atoms with Gasteiger partial charge in [-0.15, -0.1) is 0 Å². The van der Waals surface area contributed by atoms with Crippen LogP contribution in [-0.2, 0) is 16.0 Å². The molecule has 0 bridgehead atoms. The van der Waals surface area contributed by atoms with E-state index < -0.39 is 54.3 Å². The smallest absolute Gasteiger partial charge is 0.330 e. The first-order valence-electron chi connectivity index (χ1n) is 8.76. The van der Waals surface area contributed by atoms with Gasteiger partial charge in [-0.3, -0.25) is 19.1 Å². The van der Waals surface area contributed by atoms with Gasteiger partial charge in [0.2, 0.25) is 5.91 Å². The van der Waals surface area contributed by atoms with E-state index in [1.54, 1.807) is 0 Å². The molecular weight excluding hydrogens is 368 g/mol. The van der Waals surface area contributed by atoms with Gasteiger partial charge in [-0.05, 0) is 12.0 Å². The standard InChI is InChI=1S/C18H22N4O6/c19-11(8-10-4-2-1-3-5-10)16(26)21-14-15(25)12(9-23)28-17(14)22-7-6-13(24)20-18(22)27/h1-7,11-12,14-15,17,23,25H,8-9,19H2,(H,21,26)(H,20,24,27)/t11-,12+,14+,15+,17+/m0/s1. The molecule has 1 aliphatic heterocycles. The van der Waals surface area contributed by atoms with Crippen LogP contribution in [0.1, 0.15) is 11.8 Å². The molecule has 0 radical (unpaired) electrons. The van der Waals surface area contributed by atoms with E-state index in [4.69, 9.17) is 10.5 Å². The normalized spacial score (nSPS) is 25.4. The van der Waals surface area contributed by atoms with Crippen LogP contribution in [0.15, 0.2) is 52.2 Å². The van der Waals surface area contributed by atoms with E-state index >= 15 is 0 Å². The molecule has 1 fully saturated rings. The van der Waals surface area contributed by atoms with Crippen molar-refractivity contribution in [3.63, 3.8) is 0 Å². The first-order chi connectivity index (χ1) is 13.4. The first kappa shape index (κ1) is 20.0. The number of hydrogen-bond acceptors (Lipinski definition) is 7. The quantitative estimate of drug-likeness (QED) is 0.376. The molecule has 1 saturated heterocycles. The molecule has 150 valence electrons. The summed E-state index contributed by atoms with van der Waals surface area (Å²) in [6, 6.07) is 8.37. The van der Waals surface area contributed by atoms with Gasteiger partial charge < -0.3 is 26.0 Å². The Bertz CT molecular complexity index is 927. The van der Waals surface area contributed by atoms with Gasteiger partial charge in [0.05, 0.1) is 12.6 Å². The van der Waals surface area contributed by atoms with E-state index in [1.165, 1.54) is 6.20 Å². The maximum Gasteiger partial charge on any atom is 0.330 e. The minimum atomic E-state index is -1.28. The number of carbonyl (C=O) groups is 1. The Kier molecular flexibility index (Phi) is 6.05. The number of hydrogen-bond donors (Lipinski definition) is 5. The summed E-state index contributed by atoms with van der Waals surface area (Å²) < 4.78 is 6.56. The number of H-pyrrole nitrogens is 1.